The first-order valence-corrected chi connectivity index (χ1v) is 33.2. The molecule has 8 rings (SSSR count). The molecular weight excluding hydrogens is 881 g/mol. The lowest BCUT2D eigenvalue weighted by molar-refractivity contribution is -0.150. The van der Waals surface area contributed by atoms with Gasteiger partial charge < -0.3 is 23.5 Å². The van der Waals surface area contributed by atoms with Gasteiger partial charge in [0.2, 0.25) is 8.32 Å². The van der Waals surface area contributed by atoms with Gasteiger partial charge in [0.25, 0.3) is 8.68 Å². The predicted molar refractivity (Wildman–Crippen MR) is 275 cm³/mol. The van der Waals surface area contributed by atoms with Gasteiger partial charge in [0.15, 0.2) is 5.78 Å². The third-order valence-electron chi connectivity index (χ3n) is 22.0. The summed E-state index contributed by atoms with van der Waals surface area (Å²) in [5.41, 5.74) is 1.98. The molecule has 10 heteroatoms. The highest BCUT2D eigenvalue weighted by Gasteiger charge is 2.65. The van der Waals surface area contributed by atoms with Crippen LogP contribution in [-0.4, -0.2) is 60.2 Å². The van der Waals surface area contributed by atoms with Gasteiger partial charge in [-0.05, 0) is 240 Å². The van der Waals surface area contributed by atoms with Crippen molar-refractivity contribution in [1.82, 2.24) is 0 Å². The van der Waals surface area contributed by atoms with Gasteiger partial charge in [-0.25, -0.2) is 0 Å². The van der Waals surface area contributed by atoms with Crippen LogP contribution in [0.25, 0.3) is 0 Å². The number of carbonyl (C=O) groups is 3. The second-order valence-electron chi connectivity index (χ2n) is 26.3. The summed E-state index contributed by atoms with van der Waals surface area (Å²) in [5.74, 6) is 8.13. The van der Waals surface area contributed by atoms with E-state index in [1.807, 2.05) is 6.92 Å². The van der Waals surface area contributed by atoms with Gasteiger partial charge in [-0.2, -0.15) is 0 Å². The quantitative estimate of drug-likeness (QED) is 0.110. The minimum Gasteiger partial charge on any atom is -0.547 e. The largest absolute Gasteiger partial charge is 0.547 e. The van der Waals surface area contributed by atoms with E-state index in [1.165, 1.54) is 77.8 Å². The number of hydrogen-bond acceptors (Lipinski definition) is 8. The molecule has 18 atom stereocenters. The fourth-order valence-electron chi connectivity index (χ4n) is 18.3. The summed E-state index contributed by atoms with van der Waals surface area (Å²) >= 11 is 0. The summed E-state index contributed by atoms with van der Waals surface area (Å²) in [6.07, 6.45) is 23.4. The van der Waals surface area contributed by atoms with Gasteiger partial charge in [0, 0.05) is 24.7 Å². The number of Topliss-reactive ketones (excluding diaryl/α,β-unsaturated/α-hetero) is 1. The summed E-state index contributed by atoms with van der Waals surface area (Å²) in [4.78, 5) is 37.5. The number of carbonyl (C=O) groups excluding carboxylic acids is 3. The number of fused-ring (bicyclic) bond motifs is 10. The van der Waals surface area contributed by atoms with Crippen molar-refractivity contribution in [2.45, 2.75) is 209 Å². The molecule has 0 aromatic heterocycles. The van der Waals surface area contributed by atoms with Crippen LogP contribution in [0.5, 0.6) is 0 Å². The third-order valence-corrected chi connectivity index (χ3v) is 24.6. The number of allylic oxidation sites excluding steroid dienone is 4. The molecule has 0 radical (unpaired) electrons. The average Bonchev–Trinajstić information content (AvgIpc) is 3.84. The van der Waals surface area contributed by atoms with Crippen molar-refractivity contribution in [1.29, 1.82) is 0 Å². The normalized spacial score (nSPS) is 43.1. The molecule has 0 saturated heterocycles. The van der Waals surface area contributed by atoms with Crippen LogP contribution in [-0.2, 0) is 32.7 Å². The Morgan fingerprint density at radius 2 is 1.25 bits per heavy atom. The third kappa shape index (κ3) is 10.1. The highest BCUT2D eigenvalue weighted by Crippen LogP contribution is 2.70. The van der Waals surface area contributed by atoms with Gasteiger partial charge in [-0.3, -0.25) is 14.4 Å². The van der Waals surface area contributed by atoms with E-state index in [1.54, 1.807) is 0 Å². The summed E-state index contributed by atoms with van der Waals surface area (Å²) < 4.78 is 29.3. The Labute approximate surface area is 415 Å². The molecule has 8 nitrogen and oxygen atoms in total. The molecule has 8 aliphatic rings. The Balaban J connectivity index is 0.000000204. The van der Waals surface area contributed by atoms with Crippen LogP contribution in [0.2, 0.25) is 31.7 Å². The van der Waals surface area contributed by atoms with Crippen molar-refractivity contribution in [3.63, 3.8) is 0 Å². The molecule has 0 heterocycles. The van der Waals surface area contributed by atoms with E-state index in [0.717, 1.165) is 62.6 Å². The summed E-state index contributed by atoms with van der Waals surface area (Å²) in [6.45, 7) is 25.8. The number of hydrogen-bond donors (Lipinski definition) is 1. The van der Waals surface area contributed by atoms with Crippen LogP contribution in [0.4, 0.5) is 0 Å². The van der Waals surface area contributed by atoms with Gasteiger partial charge in [0.1, 0.15) is 0 Å². The lowest BCUT2D eigenvalue weighted by Gasteiger charge is -2.61. The van der Waals surface area contributed by atoms with Crippen molar-refractivity contribution in [3.8, 4) is 0 Å². The van der Waals surface area contributed by atoms with E-state index >= 15 is 0 Å². The molecule has 0 aromatic rings. The zero-order chi connectivity index (χ0) is 49.7. The lowest BCUT2D eigenvalue weighted by Crippen LogP contribution is -2.58. The molecular formula is C58H96O8Si2. The number of rotatable bonds is 13. The Kier molecular flexibility index (Phi) is 16.6. The number of methoxy groups -OCH3 is 2. The first kappa shape index (κ1) is 53.9. The van der Waals surface area contributed by atoms with E-state index in [2.05, 4.69) is 80.3 Å². The maximum Gasteiger partial charge on any atom is 0.305 e. The minimum absolute atomic E-state index is 0.0740. The van der Waals surface area contributed by atoms with Crippen molar-refractivity contribution in [2.24, 2.45) is 98.6 Å². The van der Waals surface area contributed by atoms with Crippen LogP contribution in [0, 0.1) is 98.6 Å². The van der Waals surface area contributed by atoms with Crippen LogP contribution in [0.15, 0.2) is 23.5 Å². The predicted octanol–water partition coefficient (Wildman–Crippen LogP) is 13.6. The Bertz CT molecular complexity index is 1920. The van der Waals surface area contributed by atoms with Crippen molar-refractivity contribution >= 4 is 34.7 Å². The number of aliphatic hydroxyl groups excluding tert-OH is 1. The highest BCUT2D eigenvalue weighted by atomic mass is 28.4. The van der Waals surface area contributed by atoms with Crippen LogP contribution >= 0.6 is 0 Å². The standard InChI is InChI=1S/C31H54O4Si2.C27H42O4/c1-9-36(33)20-22-14-16-30(3)23(18-22)19-27(35-37(6,7)8)29-25-12-11-24(21(2)10-13-28(32)34-5)31(25,4)17-15-26(29)30;1-6-18-22-15-17(28)11-13-27(22,4)21-12-14-26(3)19(16(2)7-10-23(29)31-5)8-9-20(26)24(21)25(18)30/h19,21-26,29H,9-18,20H2,1-8H3;6,16-17,19-22,24,28H,7-15H2,1-5H3/b;18-6+/t21?,22-,23+,24-,25+,26+,29+,30+,31-;16?,17-,19-,20+,21+,22+,24+,26-,27-/m11/s1. The second-order valence-corrected chi connectivity index (χ2v) is 33.0. The smallest absolute Gasteiger partial charge is 0.305 e. The average molecular weight is 978 g/mol. The van der Waals surface area contributed by atoms with Crippen LogP contribution in [0.1, 0.15) is 171 Å². The van der Waals surface area contributed by atoms with Gasteiger partial charge in [-0.1, -0.05) is 54.5 Å². The zero-order valence-corrected chi connectivity index (χ0v) is 47.2. The Morgan fingerprint density at radius 3 is 1.76 bits per heavy atom. The number of ketones is 1. The van der Waals surface area contributed by atoms with E-state index < -0.39 is 17.0 Å². The maximum atomic E-state index is 13.9. The number of ether oxygens (including phenoxy) is 2. The molecule has 0 aromatic carbocycles. The Morgan fingerprint density at radius 1 is 0.750 bits per heavy atom. The molecule has 68 heavy (non-hydrogen) atoms. The molecule has 8 aliphatic carbocycles. The molecule has 0 aliphatic heterocycles. The molecule has 0 amide bonds. The highest BCUT2D eigenvalue weighted by molar-refractivity contribution is 6.70. The monoisotopic (exact) mass is 977 g/mol. The number of aliphatic hydroxyl groups is 1. The fourth-order valence-corrected chi connectivity index (χ4v) is 20.5. The molecule has 2 unspecified atom stereocenters. The van der Waals surface area contributed by atoms with Crippen molar-refractivity contribution in [3.05, 3.63) is 23.5 Å². The van der Waals surface area contributed by atoms with E-state index in [-0.39, 0.29) is 40.7 Å². The SMILES string of the molecule is C/C=C1/C(=O)[C@@H]2[C@H](CC[C@]3(C)[C@@H](C(C)CCC(=O)OC)CC[C@@H]23)[C@@]2(C)CC[C@@H](O)C[C@@H]12.CC[Si](=O)C[C@@H]1CC[C@@]2(C)[C@H](C=C(O[Si](C)(C)C)[C@@H]3[C@@H]2CC[C@]2(C)[C@@H](C(C)CCC(=O)OC)CC[C@@H]32)C1. The van der Waals surface area contributed by atoms with Crippen LogP contribution in [0.3, 0.4) is 0 Å². The van der Waals surface area contributed by atoms with E-state index in [9.17, 15) is 24.0 Å². The van der Waals surface area contributed by atoms with Gasteiger partial charge in [0.05, 0.1) is 26.1 Å². The molecule has 7 saturated carbocycles. The topological polar surface area (TPSA) is 116 Å². The second kappa shape index (κ2) is 20.9. The molecule has 384 valence electrons. The van der Waals surface area contributed by atoms with E-state index in [4.69, 9.17) is 13.9 Å². The lowest BCUT2D eigenvalue weighted by atomic mass is 9.43. The zero-order valence-electron chi connectivity index (χ0n) is 45.2. The molecule has 0 bridgehead atoms. The van der Waals surface area contributed by atoms with Crippen LogP contribution < -0.4 is 0 Å². The maximum absolute atomic E-state index is 13.9. The Hall–Kier alpha value is -1.92. The van der Waals surface area contributed by atoms with E-state index in [0.29, 0.717) is 94.6 Å². The molecule has 7 fully saturated rings. The van der Waals surface area contributed by atoms with Crippen molar-refractivity contribution < 1.29 is 37.9 Å². The molecule has 1 N–H and O–H groups in total. The molecule has 0 spiro atoms. The first-order chi connectivity index (χ1) is 32.0. The summed E-state index contributed by atoms with van der Waals surface area (Å²) in [5, 5.41) is 10.4. The first-order valence-electron chi connectivity index (χ1n) is 27.9. The fraction of sp³-hybridized carbons (Fsp3) is 0.879. The minimum atomic E-state index is -1.75. The number of esters is 2. The van der Waals surface area contributed by atoms with Crippen molar-refractivity contribution in [2.75, 3.05) is 14.2 Å². The summed E-state index contributed by atoms with van der Waals surface area (Å²) in [7, 11) is -0.204. The van der Waals surface area contributed by atoms with Gasteiger partial charge in [-0.15, -0.1) is 0 Å². The van der Waals surface area contributed by atoms with Gasteiger partial charge >= 0.3 is 11.9 Å². The summed E-state index contributed by atoms with van der Waals surface area (Å²) in [6, 6.07) is 1.80.